The largest absolute Gasteiger partial charge is 0.459 e. The molecule has 110 valence electrons. The number of benzene rings is 1. The highest BCUT2D eigenvalue weighted by molar-refractivity contribution is 5.91. The molecule has 4 heteroatoms. The predicted molar refractivity (Wildman–Crippen MR) is 81.0 cm³/mol. The second-order valence-corrected chi connectivity index (χ2v) is 5.52. The van der Waals surface area contributed by atoms with E-state index in [4.69, 9.17) is 4.42 Å². The van der Waals surface area contributed by atoms with Crippen LogP contribution in [-0.2, 0) is 0 Å². The molecule has 2 heterocycles. The Labute approximate surface area is 124 Å². The summed E-state index contributed by atoms with van der Waals surface area (Å²) in [6.07, 6.45) is 2.50. The molecule has 0 unspecified atom stereocenters. The summed E-state index contributed by atoms with van der Waals surface area (Å²) >= 11 is 0. The first kappa shape index (κ1) is 13.9. The smallest absolute Gasteiger partial charge is 0.287 e. The molecule has 3 rings (SSSR count). The molecule has 0 spiro atoms. The summed E-state index contributed by atoms with van der Waals surface area (Å²) in [6, 6.07) is 14.5. The van der Waals surface area contributed by atoms with E-state index in [0.29, 0.717) is 11.8 Å². The van der Waals surface area contributed by atoms with Gasteiger partial charge in [0.25, 0.3) is 5.91 Å². The van der Waals surface area contributed by atoms with Crippen molar-refractivity contribution in [2.75, 3.05) is 13.1 Å². The van der Waals surface area contributed by atoms with Crippen molar-refractivity contribution in [1.29, 1.82) is 0 Å². The maximum absolute atomic E-state index is 12.0. The van der Waals surface area contributed by atoms with Crippen molar-refractivity contribution in [2.45, 2.75) is 25.4 Å². The fourth-order valence-corrected chi connectivity index (χ4v) is 2.86. The number of nitrogens with zero attached hydrogens (tertiary/aromatic N) is 1. The van der Waals surface area contributed by atoms with Gasteiger partial charge in [-0.05, 0) is 31.0 Å². The number of hydrogen-bond donors (Lipinski definition) is 1. The zero-order chi connectivity index (χ0) is 14.7. The van der Waals surface area contributed by atoms with Gasteiger partial charge in [0.1, 0.15) is 0 Å². The summed E-state index contributed by atoms with van der Waals surface area (Å²) in [5, 5.41) is 3.04. The van der Waals surface area contributed by atoms with E-state index < -0.39 is 0 Å². The van der Waals surface area contributed by atoms with Crippen LogP contribution in [-0.4, -0.2) is 29.9 Å². The third kappa shape index (κ3) is 3.16. The summed E-state index contributed by atoms with van der Waals surface area (Å²) < 4.78 is 5.12. The van der Waals surface area contributed by atoms with E-state index in [-0.39, 0.29) is 11.9 Å². The second-order valence-electron chi connectivity index (χ2n) is 5.52. The molecule has 1 aromatic heterocycles. The quantitative estimate of drug-likeness (QED) is 0.939. The molecular formula is C17H20N2O2. The lowest BCUT2D eigenvalue weighted by Gasteiger charge is -2.24. The van der Waals surface area contributed by atoms with Crippen LogP contribution in [0.4, 0.5) is 0 Å². The van der Waals surface area contributed by atoms with Crippen LogP contribution >= 0.6 is 0 Å². The molecule has 0 radical (unpaired) electrons. The normalized spacial score (nSPS) is 20.3. The van der Waals surface area contributed by atoms with Crippen LogP contribution < -0.4 is 5.32 Å². The Morgan fingerprint density at radius 3 is 2.81 bits per heavy atom. The Morgan fingerprint density at radius 2 is 2.10 bits per heavy atom. The van der Waals surface area contributed by atoms with E-state index in [0.717, 1.165) is 19.5 Å². The molecular weight excluding hydrogens is 264 g/mol. The van der Waals surface area contributed by atoms with Gasteiger partial charge < -0.3 is 9.73 Å². The Balaban J connectivity index is 1.57. The standard InChI is InChI=1S/C17H20N2O2/c1-13(14-6-3-2-4-7-14)19-10-9-15(12-19)18-17(20)16-8-5-11-21-16/h2-8,11,13,15H,9-10,12H2,1H3,(H,18,20)/t13-,15+/m1/s1. The summed E-state index contributed by atoms with van der Waals surface area (Å²) in [7, 11) is 0. The predicted octanol–water partition coefficient (Wildman–Crippen LogP) is 2.84. The minimum absolute atomic E-state index is 0.126. The minimum atomic E-state index is -0.126. The SMILES string of the molecule is C[C@H](c1ccccc1)N1CC[C@H](NC(=O)c2ccco2)C1. The van der Waals surface area contributed by atoms with Gasteiger partial charge in [0.15, 0.2) is 5.76 Å². The van der Waals surface area contributed by atoms with Gasteiger partial charge in [0.2, 0.25) is 0 Å². The summed E-state index contributed by atoms with van der Waals surface area (Å²) in [6.45, 7) is 4.09. The van der Waals surface area contributed by atoms with Crippen LogP contribution in [0.5, 0.6) is 0 Å². The number of furan rings is 1. The van der Waals surface area contributed by atoms with Gasteiger partial charge in [-0.1, -0.05) is 30.3 Å². The van der Waals surface area contributed by atoms with Crippen LogP contribution in [0.3, 0.4) is 0 Å². The lowest BCUT2D eigenvalue weighted by Crippen LogP contribution is -2.37. The highest BCUT2D eigenvalue weighted by Gasteiger charge is 2.28. The average Bonchev–Trinajstić information content (AvgIpc) is 3.19. The van der Waals surface area contributed by atoms with Crippen molar-refractivity contribution >= 4 is 5.91 Å². The fourth-order valence-electron chi connectivity index (χ4n) is 2.86. The third-order valence-corrected chi connectivity index (χ3v) is 4.13. The Kier molecular flexibility index (Phi) is 4.06. The van der Waals surface area contributed by atoms with E-state index >= 15 is 0 Å². The average molecular weight is 284 g/mol. The molecule has 1 aliphatic heterocycles. The second kappa shape index (κ2) is 6.14. The number of hydrogen-bond acceptors (Lipinski definition) is 3. The van der Waals surface area contributed by atoms with Crippen molar-refractivity contribution in [3.05, 3.63) is 60.1 Å². The number of likely N-dealkylation sites (tertiary alicyclic amines) is 1. The first-order chi connectivity index (χ1) is 10.2. The lowest BCUT2D eigenvalue weighted by atomic mass is 10.1. The van der Waals surface area contributed by atoms with Crippen molar-refractivity contribution in [2.24, 2.45) is 0 Å². The maximum atomic E-state index is 12.0. The van der Waals surface area contributed by atoms with Crippen LogP contribution in [0.15, 0.2) is 53.1 Å². The zero-order valence-electron chi connectivity index (χ0n) is 12.2. The number of rotatable bonds is 4. The molecule has 4 nitrogen and oxygen atoms in total. The van der Waals surface area contributed by atoms with Crippen LogP contribution in [0, 0.1) is 0 Å². The zero-order valence-corrected chi connectivity index (χ0v) is 12.2. The van der Waals surface area contributed by atoms with Crippen molar-refractivity contribution in [3.63, 3.8) is 0 Å². The Hall–Kier alpha value is -2.07. The van der Waals surface area contributed by atoms with Gasteiger partial charge >= 0.3 is 0 Å². The van der Waals surface area contributed by atoms with Crippen LogP contribution in [0.2, 0.25) is 0 Å². The third-order valence-electron chi connectivity index (χ3n) is 4.13. The molecule has 21 heavy (non-hydrogen) atoms. The monoisotopic (exact) mass is 284 g/mol. The summed E-state index contributed by atoms with van der Waals surface area (Å²) in [5.41, 5.74) is 1.32. The van der Waals surface area contributed by atoms with E-state index in [1.165, 1.54) is 11.8 Å². The topological polar surface area (TPSA) is 45.5 Å². The first-order valence-corrected chi connectivity index (χ1v) is 7.37. The Bertz CT molecular complexity index is 580. The number of amides is 1. The number of carbonyl (C=O) groups is 1. The van der Waals surface area contributed by atoms with Gasteiger partial charge in [0, 0.05) is 25.2 Å². The first-order valence-electron chi connectivity index (χ1n) is 7.37. The van der Waals surface area contributed by atoms with Gasteiger partial charge in [-0.25, -0.2) is 0 Å². The van der Waals surface area contributed by atoms with E-state index in [1.54, 1.807) is 12.1 Å². The van der Waals surface area contributed by atoms with Gasteiger partial charge in [-0.2, -0.15) is 0 Å². The minimum Gasteiger partial charge on any atom is -0.459 e. The van der Waals surface area contributed by atoms with Gasteiger partial charge in [-0.15, -0.1) is 0 Å². The molecule has 0 saturated carbocycles. The summed E-state index contributed by atoms with van der Waals surface area (Å²) in [4.78, 5) is 14.4. The molecule has 1 N–H and O–H groups in total. The highest BCUT2D eigenvalue weighted by Crippen LogP contribution is 2.24. The van der Waals surface area contributed by atoms with Crippen molar-refractivity contribution in [1.82, 2.24) is 10.2 Å². The van der Waals surface area contributed by atoms with Gasteiger partial charge in [0.05, 0.1) is 6.26 Å². The highest BCUT2D eigenvalue weighted by atomic mass is 16.3. The molecule has 1 amide bonds. The molecule has 1 fully saturated rings. The molecule has 1 saturated heterocycles. The molecule has 1 aromatic carbocycles. The molecule has 1 aliphatic rings. The Morgan fingerprint density at radius 1 is 1.29 bits per heavy atom. The van der Waals surface area contributed by atoms with Crippen LogP contribution in [0.1, 0.15) is 35.5 Å². The summed E-state index contributed by atoms with van der Waals surface area (Å²) in [5.74, 6) is 0.253. The van der Waals surface area contributed by atoms with E-state index in [2.05, 4.69) is 41.4 Å². The fraction of sp³-hybridized carbons (Fsp3) is 0.353. The van der Waals surface area contributed by atoms with Crippen LogP contribution in [0.25, 0.3) is 0 Å². The van der Waals surface area contributed by atoms with E-state index in [1.807, 2.05) is 6.07 Å². The number of carbonyl (C=O) groups excluding carboxylic acids is 1. The van der Waals surface area contributed by atoms with Crippen molar-refractivity contribution < 1.29 is 9.21 Å². The lowest BCUT2D eigenvalue weighted by molar-refractivity contribution is 0.0908. The van der Waals surface area contributed by atoms with Crippen molar-refractivity contribution in [3.8, 4) is 0 Å². The molecule has 2 aromatic rings. The molecule has 2 atom stereocenters. The molecule has 0 aliphatic carbocycles. The van der Waals surface area contributed by atoms with E-state index in [9.17, 15) is 4.79 Å². The number of nitrogens with one attached hydrogen (secondary N) is 1. The molecule has 0 bridgehead atoms. The van der Waals surface area contributed by atoms with Gasteiger partial charge in [-0.3, -0.25) is 9.69 Å². The maximum Gasteiger partial charge on any atom is 0.287 e.